The van der Waals surface area contributed by atoms with Crippen molar-refractivity contribution in [2.45, 2.75) is 39.2 Å². The lowest BCUT2D eigenvalue weighted by molar-refractivity contribution is -0.134. The van der Waals surface area contributed by atoms with Crippen LogP contribution in [0.3, 0.4) is 0 Å². The van der Waals surface area contributed by atoms with Crippen LogP contribution in [0.5, 0.6) is 0 Å². The fourth-order valence-corrected chi connectivity index (χ4v) is 9.74. The molecule has 0 atom stereocenters. The Hall–Kier alpha value is -7.28. The molecule has 9 rings (SSSR count). The Morgan fingerprint density at radius 1 is 0.718 bits per heavy atom. The number of nitrogens with zero attached hydrogens (tertiary/aromatic N) is 9. The molecular weight excluding hydrogens is 904 g/mol. The summed E-state index contributed by atoms with van der Waals surface area (Å²) in [4.78, 5) is 89.2. The zero-order valence-electron chi connectivity index (χ0n) is 40.0. The molecule has 18 heteroatoms. The first-order valence-corrected chi connectivity index (χ1v) is 24.5. The number of carbonyl (C=O) groups is 4. The molecular formula is C53H59FN12O5. The first-order valence-electron chi connectivity index (χ1n) is 24.5. The molecule has 0 spiro atoms. The summed E-state index contributed by atoms with van der Waals surface area (Å²) in [7, 11) is 0. The summed E-state index contributed by atoms with van der Waals surface area (Å²) in [5, 5.41) is 14.1. The number of piperazine rings is 2. The van der Waals surface area contributed by atoms with Gasteiger partial charge in [0.15, 0.2) is 5.69 Å². The van der Waals surface area contributed by atoms with Crippen molar-refractivity contribution >= 4 is 40.1 Å². The van der Waals surface area contributed by atoms with Gasteiger partial charge in [-0.05, 0) is 79.2 Å². The third-order valence-corrected chi connectivity index (χ3v) is 13.8. The summed E-state index contributed by atoms with van der Waals surface area (Å²) >= 11 is 0. The summed E-state index contributed by atoms with van der Waals surface area (Å²) in [5.41, 5.74) is 5.36. The maximum Gasteiger partial charge on any atom is 0.274 e. The topological polar surface area (TPSA) is 193 Å². The van der Waals surface area contributed by atoms with Crippen LogP contribution in [0.1, 0.15) is 63.0 Å². The van der Waals surface area contributed by atoms with Gasteiger partial charge < -0.3 is 25.3 Å². The SMILES string of the molecule is CCc1cccc(-c2cnc(C(=O)N3CCN(CC4CCN(CC(=O)N5CCN(C(=O)c6cc(Cc7n[nH]c(=O)c8ccccc78)ccc6F)CC5)CC4)CC3)c(NC(=O)CNCc3cncnc3)c2)c1. The minimum atomic E-state index is -0.612. The van der Waals surface area contributed by atoms with Gasteiger partial charge >= 0.3 is 0 Å². The number of nitrogens with one attached hydrogen (secondary N) is 3. The summed E-state index contributed by atoms with van der Waals surface area (Å²) in [5.74, 6) is -1.05. The Bertz CT molecular complexity index is 2930. The average molecular weight is 963 g/mol. The molecule has 17 nitrogen and oxygen atoms in total. The predicted molar refractivity (Wildman–Crippen MR) is 267 cm³/mol. The number of aromatic amines is 1. The van der Waals surface area contributed by atoms with Crippen LogP contribution in [-0.4, -0.2) is 158 Å². The van der Waals surface area contributed by atoms with Gasteiger partial charge in [-0.3, -0.25) is 33.8 Å². The van der Waals surface area contributed by atoms with Crippen molar-refractivity contribution in [2.24, 2.45) is 5.92 Å². The molecule has 0 unspecified atom stereocenters. The van der Waals surface area contributed by atoms with E-state index in [1.54, 1.807) is 52.7 Å². The third-order valence-electron chi connectivity index (χ3n) is 13.8. The molecule has 4 amide bonds. The first kappa shape index (κ1) is 48.7. The second-order valence-corrected chi connectivity index (χ2v) is 18.6. The molecule has 368 valence electrons. The standard InChI is InChI=1S/C53H59FN12O5/c1-2-36-6-5-7-40(24-36)41-27-47(59-48(67)32-55-28-39-29-56-35-57-30-39)50(58-31-41)53(71)66-18-16-63(17-19-66)33-37-12-14-62(15-13-37)34-49(68)64-20-22-65(23-21-64)52(70)44-25-38(10-11-45(44)54)26-46-42-8-3-4-9-43(42)51(69)61-60-46/h3-11,24-25,27,29-31,35,37,55H,2,12-23,26,28,32-34H2,1H3,(H,59,67)(H,61,69). The molecule has 3 aliphatic heterocycles. The van der Waals surface area contributed by atoms with Gasteiger partial charge in [-0.15, -0.1) is 0 Å². The molecule has 0 radical (unpaired) electrons. The van der Waals surface area contributed by atoms with E-state index in [1.165, 1.54) is 18.0 Å². The number of pyridine rings is 1. The van der Waals surface area contributed by atoms with E-state index in [0.29, 0.717) is 92.4 Å². The highest BCUT2D eigenvalue weighted by Gasteiger charge is 2.31. The van der Waals surface area contributed by atoms with Crippen molar-refractivity contribution in [3.05, 3.63) is 148 Å². The molecule has 71 heavy (non-hydrogen) atoms. The smallest absolute Gasteiger partial charge is 0.274 e. The van der Waals surface area contributed by atoms with E-state index in [0.717, 1.165) is 68.7 Å². The minimum Gasteiger partial charge on any atom is -0.338 e. The third kappa shape index (κ3) is 12.0. The molecule has 0 bridgehead atoms. The molecule has 3 aromatic carbocycles. The largest absolute Gasteiger partial charge is 0.338 e. The summed E-state index contributed by atoms with van der Waals surface area (Å²) in [6.07, 6.45) is 9.64. The number of hydrogen-bond donors (Lipinski definition) is 3. The van der Waals surface area contributed by atoms with E-state index in [4.69, 9.17) is 0 Å². The van der Waals surface area contributed by atoms with Crippen LogP contribution >= 0.6 is 0 Å². The van der Waals surface area contributed by atoms with E-state index in [-0.39, 0.29) is 41.1 Å². The van der Waals surface area contributed by atoms with Gasteiger partial charge in [0.1, 0.15) is 12.1 Å². The van der Waals surface area contributed by atoms with Crippen LogP contribution in [0.25, 0.3) is 21.9 Å². The normalized spacial score (nSPS) is 16.1. The molecule has 3 saturated heterocycles. The highest BCUT2D eigenvalue weighted by molar-refractivity contribution is 6.03. The number of benzene rings is 3. The van der Waals surface area contributed by atoms with Crippen molar-refractivity contribution in [1.29, 1.82) is 0 Å². The van der Waals surface area contributed by atoms with Gasteiger partial charge in [0.05, 0.1) is 35.4 Å². The van der Waals surface area contributed by atoms with Crippen LogP contribution in [0.2, 0.25) is 0 Å². The lowest BCUT2D eigenvalue weighted by Crippen LogP contribution is -2.53. The Morgan fingerprint density at radius 3 is 2.20 bits per heavy atom. The van der Waals surface area contributed by atoms with Crippen LogP contribution in [0, 0.1) is 11.7 Å². The van der Waals surface area contributed by atoms with E-state index < -0.39 is 11.7 Å². The predicted octanol–water partition coefficient (Wildman–Crippen LogP) is 4.25. The zero-order valence-corrected chi connectivity index (χ0v) is 40.0. The van der Waals surface area contributed by atoms with Gasteiger partial charge in [-0.1, -0.05) is 55.5 Å². The fourth-order valence-electron chi connectivity index (χ4n) is 9.74. The number of rotatable bonds is 15. The van der Waals surface area contributed by atoms with Gasteiger partial charge in [0.25, 0.3) is 17.4 Å². The van der Waals surface area contributed by atoms with Crippen molar-refractivity contribution in [1.82, 2.24) is 55.0 Å². The van der Waals surface area contributed by atoms with Crippen LogP contribution in [0.4, 0.5) is 10.1 Å². The number of piperidine rings is 1. The van der Waals surface area contributed by atoms with E-state index >= 15 is 4.39 Å². The first-order chi connectivity index (χ1) is 34.6. The second-order valence-electron chi connectivity index (χ2n) is 18.6. The lowest BCUT2D eigenvalue weighted by Gasteiger charge is -2.39. The molecule has 6 aromatic rings. The van der Waals surface area contributed by atoms with E-state index in [1.807, 2.05) is 35.2 Å². The Morgan fingerprint density at radius 2 is 1.44 bits per heavy atom. The number of likely N-dealkylation sites (tertiary alicyclic amines) is 1. The number of fused-ring (bicyclic) bond motifs is 1. The molecule has 3 fully saturated rings. The van der Waals surface area contributed by atoms with Crippen molar-refractivity contribution < 1.29 is 23.6 Å². The molecule has 0 saturated carbocycles. The number of aromatic nitrogens is 5. The van der Waals surface area contributed by atoms with E-state index in [2.05, 4.69) is 64.6 Å². The fraction of sp³-hybridized carbons (Fsp3) is 0.377. The lowest BCUT2D eigenvalue weighted by atomic mass is 9.96. The molecule has 0 aliphatic carbocycles. The Labute approximate surface area is 411 Å². The monoisotopic (exact) mass is 962 g/mol. The average Bonchev–Trinajstić information content (AvgIpc) is 3.40. The van der Waals surface area contributed by atoms with Crippen LogP contribution < -0.4 is 16.2 Å². The number of anilines is 1. The summed E-state index contributed by atoms with van der Waals surface area (Å²) < 4.78 is 15.1. The number of hydrogen-bond acceptors (Lipinski definition) is 12. The molecule has 6 heterocycles. The number of H-pyrrole nitrogens is 1. The second kappa shape index (κ2) is 22.6. The van der Waals surface area contributed by atoms with Crippen molar-refractivity contribution in [3.63, 3.8) is 0 Å². The molecule has 3 N–H and O–H groups in total. The highest BCUT2D eigenvalue weighted by Crippen LogP contribution is 2.28. The number of halogens is 1. The summed E-state index contributed by atoms with van der Waals surface area (Å²) in [6, 6.07) is 21.6. The maximum absolute atomic E-state index is 15.1. The van der Waals surface area contributed by atoms with Gasteiger partial charge in [0.2, 0.25) is 11.8 Å². The van der Waals surface area contributed by atoms with Gasteiger partial charge in [0, 0.05) is 107 Å². The number of aryl methyl sites for hydroxylation is 1. The summed E-state index contributed by atoms with van der Waals surface area (Å²) in [6.45, 7) is 9.26. The van der Waals surface area contributed by atoms with Gasteiger partial charge in [-0.2, -0.15) is 5.10 Å². The minimum absolute atomic E-state index is 0.0225. The van der Waals surface area contributed by atoms with Crippen LogP contribution in [0.15, 0.2) is 103 Å². The molecule has 3 aliphatic rings. The van der Waals surface area contributed by atoms with Crippen molar-refractivity contribution in [2.75, 3.05) is 90.4 Å². The highest BCUT2D eigenvalue weighted by atomic mass is 19.1. The Balaban J connectivity index is 0.721. The number of amides is 4. The van der Waals surface area contributed by atoms with Crippen molar-refractivity contribution in [3.8, 4) is 11.1 Å². The number of carbonyl (C=O) groups excluding carboxylic acids is 4. The molecule has 3 aromatic heterocycles. The van der Waals surface area contributed by atoms with Crippen LogP contribution in [-0.2, 0) is 29.0 Å². The van der Waals surface area contributed by atoms with E-state index in [9.17, 15) is 24.0 Å². The Kier molecular flexibility index (Phi) is 15.5. The maximum atomic E-state index is 15.1. The quantitative estimate of drug-likeness (QED) is 0.133. The zero-order chi connectivity index (χ0) is 49.3. The van der Waals surface area contributed by atoms with Gasteiger partial charge in [-0.25, -0.2) is 24.4 Å².